The Kier molecular flexibility index (Phi) is 5.71. The Bertz CT molecular complexity index is 264. The van der Waals surface area contributed by atoms with Gasteiger partial charge in [-0.25, -0.2) is 0 Å². The number of hydrogen-bond donors (Lipinski definition) is 2. The van der Waals surface area contributed by atoms with Gasteiger partial charge in [0.15, 0.2) is 0 Å². The molecular weight excluding hydrogens is 220 g/mol. The lowest BCUT2D eigenvalue weighted by Gasteiger charge is -2.32. The molecule has 0 aromatic heterocycles. The van der Waals surface area contributed by atoms with E-state index in [4.69, 9.17) is 5.73 Å². The summed E-state index contributed by atoms with van der Waals surface area (Å²) >= 11 is 0. The van der Waals surface area contributed by atoms with E-state index in [0.29, 0.717) is 6.04 Å². The second kappa shape index (κ2) is 7.30. The average Bonchev–Trinajstić information content (AvgIpc) is 2.89. The lowest BCUT2D eigenvalue weighted by molar-refractivity contribution is 0.233. The molecule has 0 aromatic rings. The van der Waals surface area contributed by atoms with E-state index >= 15 is 0 Å². The van der Waals surface area contributed by atoms with Gasteiger partial charge in [0.05, 0.1) is 0 Å². The molecule has 0 bridgehead atoms. The second-order valence-corrected chi connectivity index (χ2v) is 6.32. The van der Waals surface area contributed by atoms with Crippen LogP contribution in [0.15, 0.2) is 11.6 Å². The van der Waals surface area contributed by atoms with Crippen molar-refractivity contribution in [2.75, 3.05) is 13.1 Å². The van der Waals surface area contributed by atoms with Gasteiger partial charge in [0, 0.05) is 12.6 Å². The zero-order chi connectivity index (χ0) is 12.8. The van der Waals surface area contributed by atoms with Crippen molar-refractivity contribution in [1.82, 2.24) is 5.32 Å². The van der Waals surface area contributed by atoms with Gasteiger partial charge in [0.1, 0.15) is 0 Å². The molecule has 104 valence electrons. The van der Waals surface area contributed by atoms with E-state index in [9.17, 15) is 0 Å². The molecule has 0 spiro atoms. The zero-order valence-corrected chi connectivity index (χ0v) is 12.0. The van der Waals surface area contributed by atoms with Crippen LogP contribution in [0.1, 0.15) is 58.3 Å². The van der Waals surface area contributed by atoms with Crippen LogP contribution in [0.25, 0.3) is 0 Å². The van der Waals surface area contributed by atoms with Gasteiger partial charge in [0.2, 0.25) is 0 Å². The van der Waals surface area contributed by atoms with Gasteiger partial charge in [-0.3, -0.25) is 0 Å². The van der Waals surface area contributed by atoms with E-state index in [2.05, 4.69) is 18.3 Å². The number of nitrogens with two attached hydrogens (primary N) is 1. The van der Waals surface area contributed by atoms with Crippen molar-refractivity contribution in [3.8, 4) is 0 Å². The average molecular weight is 250 g/mol. The quantitative estimate of drug-likeness (QED) is 0.710. The summed E-state index contributed by atoms with van der Waals surface area (Å²) in [4.78, 5) is 0. The topological polar surface area (TPSA) is 38.0 Å². The standard InChI is InChI=1S/C16H30N2/c1-13-6-8-15(9-7-13)16(12-17)18-11-10-14-4-2-3-5-14/h4,13,15-16,18H,2-3,5-12,17H2,1H3. The summed E-state index contributed by atoms with van der Waals surface area (Å²) in [6.45, 7) is 4.31. The van der Waals surface area contributed by atoms with Gasteiger partial charge in [0.25, 0.3) is 0 Å². The zero-order valence-electron chi connectivity index (χ0n) is 12.0. The summed E-state index contributed by atoms with van der Waals surface area (Å²) < 4.78 is 0. The molecule has 0 aromatic carbocycles. The Morgan fingerprint density at radius 3 is 2.72 bits per heavy atom. The molecule has 0 heterocycles. The highest BCUT2D eigenvalue weighted by Crippen LogP contribution is 2.30. The van der Waals surface area contributed by atoms with Crippen LogP contribution < -0.4 is 11.1 Å². The fourth-order valence-electron chi connectivity index (χ4n) is 3.51. The van der Waals surface area contributed by atoms with Gasteiger partial charge in [-0.1, -0.05) is 31.4 Å². The van der Waals surface area contributed by atoms with Crippen molar-refractivity contribution >= 4 is 0 Å². The second-order valence-electron chi connectivity index (χ2n) is 6.32. The smallest absolute Gasteiger partial charge is 0.0218 e. The number of hydrogen-bond acceptors (Lipinski definition) is 2. The molecule has 1 atom stereocenters. The molecule has 1 saturated carbocycles. The maximum atomic E-state index is 5.96. The van der Waals surface area contributed by atoms with E-state index < -0.39 is 0 Å². The van der Waals surface area contributed by atoms with Crippen LogP contribution in [0.5, 0.6) is 0 Å². The van der Waals surface area contributed by atoms with Crippen molar-refractivity contribution in [2.45, 2.75) is 64.3 Å². The van der Waals surface area contributed by atoms with Crippen LogP contribution in [-0.4, -0.2) is 19.1 Å². The Morgan fingerprint density at radius 2 is 2.11 bits per heavy atom. The predicted octanol–water partition coefficient (Wildman–Crippen LogP) is 3.23. The van der Waals surface area contributed by atoms with Crippen molar-refractivity contribution in [2.24, 2.45) is 17.6 Å². The molecule has 3 N–H and O–H groups in total. The monoisotopic (exact) mass is 250 g/mol. The van der Waals surface area contributed by atoms with Gasteiger partial charge in [-0.05, 0) is 56.9 Å². The predicted molar refractivity (Wildman–Crippen MR) is 78.5 cm³/mol. The van der Waals surface area contributed by atoms with Gasteiger partial charge in [-0.15, -0.1) is 0 Å². The van der Waals surface area contributed by atoms with Crippen molar-refractivity contribution in [1.29, 1.82) is 0 Å². The first-order valence-electron chi connectivity index (χ1n) is 7.91. The summed E-state index contributed by atoms with van der Waals surface area (Å²) in [6, 6.07) is 0.555. The lowest BCUT2D eigenvalue weighted by atomic mass is 9.79. The summed E-state index contributed by atoms with van der Waals surface area (Å²) in [7, 11) is 0. The van der Waals surface area contributed by atoms with Crippen LogP contribution in [-0.2, 0) is 0 Å². The van der Waals surface area contributed by atoms with Crippen molar-refractivity contribution < 1.29 is 0 Å². The molecule has 2 heteroatoms. The highest BCUT2D eigenvalue weighted by Gasteiger charge is 2.24. The van der Waals surface area contributed by atoms with Gasteiger partial charge in [-0.2, -0.15) is 0 Å². The number of nitrogens with one attached hydrogen (secondary N) is 1. The minimum absolute atomic E-state index is 0.555. The Balaban J connectivity index is 1.68. The summed E-state index contributed by atoms with van der Waals surface area (Å²) in [5.74, 6) is 1.76. The first-order chi connectivity index (χ1) is 8.79. The molecule has 18 heavy (non-hydrogen) atoms. The first kappa shape index (κ1) is 14.1. The minimum atomic E-state index is 0.555. The van der Waals surface area contributed by atoms with Crippen LogP contribution in [0.3, 0.4) is 0 Å². The Labute approximate surface area is 112 Å². The molecule has 1 fully saturated rings. The molecule has 0 saturated heterocycles. The normalized spacial score (nSPS) is 30.2. The summed E-state index contributed by atoms with van der Waals surface area (Å²) in [5.41, 5.74) is 7.62. The summed E-state index contributed by atoms with van der Waals surface area (Å²) in [5, 5.41) is 3.72. The third kappa shape index (κ3) is 4.10. The van der Waals surface area contributed by atoms with Crippen LogP contribution >= 0.6 is 0 Å². The largest absolute Gasteiger partial charge is 0.329 e. The van der Waals surface area contributed by atoms with E-state index in [1.54, 1.807) is 5.57 Å². The molecule has 0 radical (unpaired) electrons. The van der Waals surface area contributed by atoms with E-state index in [1.807, 2.05) is 0 Å². The Morgan fingerprint density at radius 1 is 1.33 bits per heavy atom. The number of allylic oxidation sites excluding steroid dienone is 1. The molecule has 2 aliphatic carbocycles. The molecule has 1 unspecified atom stereocenters. The molecule has 0 amide bonds. The molecule has 2 aliphatic rings. The highest BCUT2D eigenvalue weighted by molar-refractivity contribution is 5.07. The molecule has 2 nitrogen and oxygen atoms in total. The lowest BCUT2D eigenvalue weighted by Crippen LogP contribution is -2.43. The van der Waals surface area contributed by atoms with Crippen LogP contribution in [0, 0.1) is 11.8 Å². The maximum absolute atomic E-state index is 5.96. The highest BCUT2D eigenvalue weighted by atomic mass is 14.9. The van der Waals surface area contributed by atoms with Crippen LogP contribution in [0.2, 0.25) is 0 Å². The minimum Gasteiger partial charge on any atom is -0.329 e. The fraction of sp³-hybridized carbons (Fsp3) is 0.875. The van der Waals surface area contributed by atoms with Crippen LogP contribution in [0.4, 0.5) is 0 Å². The fourth-order valence-corrected chi connectivity index (χ4v) is 3.51. The van der Waals surface area contributed by atoms with E-state index in [1.165, 1.54) is 51.4 Å². The Hall–Kier alpha value is -0.340. The van der Waals surface area contributed by atoms with E-state index in [0.717, 1.165) is 24.9 Å². The summed E-state index contributed by atoms with van der Waals surface area (Å²) in [6.07, 6.45) is 13.2. The SMILES string of the molecule is CC1CCC(C(CN)NCCC2=CCCC2)CC1. The van der Waals surface area contributed by atoms with Gasteiger partial charge < -0.3 is 11.1 Å². The molecule has 0 aliphatic heterocycles. The molecule has 2 rings (SSSR count). The number of rotatable bonds is 6. The van der Waals surface area contributed by atoms with Crippen molar-refractivity contribution in [3.63, 3.8) is 0 Å². The maximum Gasteiger partial charge on any atom is 0.0218 e. The molecular formula is C16H30N2. The van der Waals surface area contributed by atoms with Crippen molar-refractivity contribution in [3.05, 3.63) is 11.6 Å². The first-order valence-corrected chi connectivity index (χ1v) is 7.91. The third-order valence-corrected chi connectivity index (χ3v) is 4.87. The van der Waals surface area contributed by atoms with E-state index in [-0.39, 0.29) is 0 Å². The third-order valence-electron chi connectivity index (χ3n) is 4.87. The van der Waals surface area contributed by atoms with Gasteiger partial charge >= 0.3 is 0 Å².